The first-order valence-corrected chi connectivity index (χ1v) is 6.46. The second kappa shape index (κ2) is 6.58. The lowest BCUT2D eigenvalue weighted by molar-refractivity contribution is -0.0640. The normalized spacial score (nSPS) is 27.0. The van der Waals surface area contributed by atoms with E-state index in [9.17, 15) is 0 Å². The maximum Gasteiger partial charge on any atom is 0.0729 e. The Hall–Kier alpha value is -0.120. The molecule has 0 amide bonds. The van der Waals surface area contributed by atoms with Crippen molar-refractivity contribution in [2.24, 2.45) is 0 Å². The lowest BCUT2D eigenvalue weighted by Gasteiger charge is -2.31. The van der Waals surface area contributed by atoms with Crippen LogP contribution in [0.4, 0.5) is 0 Å². The van der Waals surface area contributed by atoms with Crippen LogP contribution < -0.4 is 5.32 Å². The number of hydrogen-bond donors (Lipinski definition) is 1. The predicted octanol–water partition coefficient (Wildman–Crippen LogP) is 2.35. The molecule has 1 rings (SSSR count). The van der Waals surface area contributed by atoms with Gasteiger partial charge in [-0.05, 0) is 40.7 Å². The van der Waals surface area contributed by atoms with Gasteiger partial charge in [0.15, 0.2) is 0 Å². The molecule has 0 aromatic rings. The zero-order valence-corrected chi connectivity index (χ0v) is 11.2. The standard InChI is InChI=1S/C13H27NO2/c1-13(2,3)16-10-9-15-12-8-6-5-7-11(12)14-4/h11-12,14H,5-10H2,1-4H3. The van der Waals surface area contributed by atoms with Crippen LogP contribution in [0, 0.1) is 0 Å². The molecule has 2 atom stereocenters. The van der Waals surface area contributed by atoms with Gasteiger partial charge >= 0.3 is 0 Å². The van der Waals surface area contributed by atoms with Gasteiger partial charge in [-0.25, -0.2) is 0 Å². The zero-order chi connectivity index (χ0) is 12.0. The third kappa shape index (κ3) is 5.28. The molecule has 0 heterocycles. The van der Waals surface area contributed by atoms with Gasteiger partial charge in [0.25, 0.3) is 0 Å². The number of hydrogen-bond acceptors (Lipinski definition) is 3. The van der Waals surface area contributed by atoms with E-state index in [0.717, 1.165) is 0 Å². The summed E-state index contributed by atoms with van der Waals surface area (Å²) in [6.07, 6.45) is 5.41. The summed E-state index contributed by atoms with van der Waals surface area (Å²) in [6.45, 7) is 7.62. The molecule has 1 saturated carbocycles. The maximum atomic E-state index is 5.89. The van der Waals surface area contributed by atoms with Gasteiger partial charge in [0, 0.05) is 6.04 Å². The fourth-order valence-corrected chi connectivity index (χ4v) is 2.17. The Bertz CT molecular complexity index is 189. The van der Waals surface area contributed by atoms with E-state index in [1.165, 1.54) is 25.7 Å². The first-order valence-electron chi connectivity index (χ1n) is 6.46. The summed E-state index contributed by atoms with van der Waals surface area (Å²) in [6, 6.07) is 0.531. The Labute approximate surface area is 99.9 Å². The summed E-state index contributed by atoms with van der Waals surface area (Å²) < 4.78 is 11.5. The molecule has 0 aromatic heterocycles. The summed E-state index contributed by atoms with van der Waals surface area (Å²) in [5.74, 6) is 0. The topological polar surface area (TPSA) is 30.5 Å². The van der Waals surface area contributed by atoms with Crippen molar-refractivity contribution >= 4 is 0 Å². The van der Waals surface area contributed by atoms with Crippen molar-refractivity contribution in [2.75, 3.05) is 20.3 Å². The molecule has 16 heavy (non-hydrogen) atoms. The molecule has 1 N–H and O–H groups in total. The number of ether oxygens (including phenoxy) is 2. The maximum absolute atomic E-state index is 5.89. The highest BCUT2D eigenvalue weighted by molar-refractivity contribution is 4.80. The van der Waals surface area contributed by atoms with E-state index in [1.807, 2.05) is 7.05 Å². The largest absolute Gasteiger partial charge is 0.374 e. The highest BCUT2D eigenvalue weighted by Crippen LogP contribution is 2.21. The SMILES string of the molecule is CNC1CCCCC1OCCOC(C)(C)C. The third-order valence-corrected chi connectivity index (χ3v) is 3.02. The molecule has 1 aliphatic carbocycles. The van der Waals surface area contributed by atoms with E-state index in [2.05, 4.69) is 26.1 Å². The summed E-state index contributed by atoms with van der Waals surface area (Å²) in [7, 11) is 2.03. The van der Waals surface area contributed by atoms with Crippen LogP contribution in [0.1, 0.15) is 46.5 Å². The molecular weight excluding hydrogens is 202 g/mol. The predicted molar refractivity (Wildman–Crippen MR) is 66.8 cm³/mol. The summed E-state index contributed by atoms with van der Waals surface area (Å²) in [4.78, 5) is 0. The average Bonchev–Trinajstić information content (AvgIpc) is 2.23. The Kier molecular flexibility index (Phi) is 5.73. The van der Waals surface area contributed by atoms with Crippen molar-refractivity contribution in [3.8, 4) is 0 Å². The van der Waals surface area contributed by atoms with Crippen LogP contribution in [0.15, 0.2) is 0 Å². The Morgan fingerprint density at radius 2 is 1.81 bits per heavy atom. The first kappa shape index (κ1) is 13.9. The number of rotatable bonds is 5. The van der Waals surface area contributed by atoms with Crippen LogP contribution in [0.25, 0.3) is 0 Å². The van der Waals surface area contributed by atoms with Crippen molar-refractivity contribution in [3.63, 3.8) is 0 Å². The van der Waals surface area contributed by atoms with Gasteiger partial charge in [-0.1, -0.05) is 12.8 Å². The van der Waals surface area contributed by atoms with Crippen LogP contribution >= 0.6 is 0 Å². The van der Waals surface area contributed by atoms with Crippen molar-refractivity contribution in [1.29, 1.82) is 0 Å². The van der Waals surface area contributed by atoms with Crippen LogP contribution in [-0.2, 0) is 9.47 Å². The lowest BCUT2D eigenvalue weighted by Crippen LogP contribution is -2.42. The van der Waals surface area contributed by atoms with E-state index in [-0.39, 0.29) is 5.60 Å². The molecule has 0 bridgehead atoms. The van der Waals surface area contributed by atoms with E-state index >= 15 is 0 Å². The second-order valence-corrected chi connectivity index (χ2v) is 5.55. The third-order valence-electron chi connectivity index (χ3n) is 3.02. The molecule has 3 nitrogen and oxygen atoms in total. The highest BCUT2D eigenvalue weighted by atomic mass is 16.5. The minimum Gasteiger partial charge on any atom is -0.374 e. The van der Waals surface area contributed by atoms with E-state index < -0.39 is 0 Å². The summed E-state index contributed by atoms with van der Waals surface area (Å²) >= 11 is 0. The Morgan fingerprint density at radius 3 is 2.44 bits per heavy atom. The first-order chi connectivity index (χ1) is 7.53. The van der Waals surface area contributed by atoms with Gasteiger partial charge < -0.3 is 14.8 Å². The molecule has 2 unspecified atom stereocenters. The van der Waals surface area contributed by atoms with Crippen molar-refractivity contribution < 1.29 is 9.47 Å². The average molecular weight is 229 g/mol. The quantitative estimate of drug-likeness (QED) is 0.734. The molecule has 0 aliphatic heterocycles. The molecular formula is C13H27NO2. The summed E-state index contributed by atoms with van der Waals surface area (Å²) in [5.41, 5.74) is -0.0572. The second-order valence-electron chi connectivity index (χ2n) is 5.55. The smallest absolute Gasteiger partial charge is 0.0729 e. The van der Waals surface area contributed by atoms with Gasteiger partial charge in [0.2, 0.25) is 0 Å². The van der Waals surface area contributed by atoms with Crippen LogP contribution in [0.2, 0.25) is 0 Å². The molecule has 3 heteroatoms. The van der Waals surface area contributed by atoms with E-state index in [4.69, 9.17) is 9.47 Å². The monoisotopic (exact) mass is 229 g/mol. The van der Waals surface area contributed by atoms with Crippen LogP contribution in [0.3, 0.4) is 0 Å². The zero-order valence-electron chi connectivity index (χ0n) is 11.2. The van der Waals surface area contributed by atoms with Gasteiger partial charge in [-0.3, -0.25) is 0 Å². The minimum absolute atomic E-state index is 0.0572. The van der Waals surface area contributed by atoms with Crippen molar-refractivity contribution in [3.05, 3.63) is 0 Å². The fraction of sp³-hybridized carbons (Fsp3) is 1.00. The molecule has 1 fully saturated rings. The molecule has 0 radical (unpaired) electrons. The van der Waals surface area contributed by atoms with E-state index in [1.54, 1.807) is 0 Å². The Balaban J connectivity index is 2.15. The van der Waals surface area contributed by atoms with Gasteiger partial charge in [0.05, 0.1) is 24.9 Å². The van der Waals surface area contributed by atoms with E-state index in [0.29, 0.717) is 25.4 Å². The molecule has 0 spiro atoms. The summed E-state index contributed by atoms with van der Waals surface area (Å²) in [5, 5.41) is 3.35. The number of nitrogens with one attached hydrogen (secondary N) is 1. The highest BCUT2D eigenvalue weighted by Gasteiger charge is 2.24. The molecule has 0 saturated heterocycles. The number of likely N-dealkylation sites (N-methyl/N-ethyl adjacent to an activating group) is 1. The molecule has 1 aliphatic rings. The van der Waals surface area contributed by atoms with Gasteiger partial charge in [0.1, 0.15) is 0 Å². The van der Waals surface area contributed by atoms with Gasteiger partial charge in [-0.15, -0.1) is 0 Å². The lowest BCUT2D eigenvalue weighted by atomic mass is 9.92. The fourth-order valence-electron chi connectivity index (χ4n) is 2.17. The minimum atomic E-state index is -0.0572. The molecule has 96 valence electrons. The van der Waals surface area contributed by atoms with Gasteiger partial charge in [-0.2, -0.15) is 0 Å². The molecule has 0 aromatic carbocycles. The van der Waals surface area contributed by atoms with Crippen LogP contribution in [0.5, 0.6) is 0 Å². The Morgan fingerprint density at radius 1 is 1.12 bits per heavy atom. The van der Waals surface area contributed by atoms with Crippen molar-refractivity contribution in [1.82, 2.24) is 5.32 Å². The van der Waals surface area contributed by atoms with Crippen molar-refractivity contribution in [2.45, 2.75) is 64.2 Å². The van der Waals surface area contributed by atoms with Crippen LogP contribution in [-0.4, -0.2) is 38.0 Å².